The summed E-state index contributed by atoms with van der Waals surface area (Å²) in [6.45, 7) is 1.35. The Morgan fingerprint density at radius 3 is 2.75 bits per heavy atom. The minimum Gasteiger partial charge on any atom is -0.497 e. The Bertz CT molecular complexity index is 536. The van der Waals surface area contributed by atoms with Gasteiger partial charge in [-0.2, -0.15) is 0 Å². The molecule has 2 atom stereocenters. The van der Waals surface area contributed by atoms with Gasteiger partial charge in [0.2, 0.25) is 5.91 Å². The lowest BCUT2D eigenvalue weighted by Gasteiger charge is -2.27. The summed E-state index contributed by atoms with van der Waals surface area (Å²) in [4.78, 5) is 12.1. The highest BCUT2D eigenvalue weighted by Gasteiger charge is 2.22. The molecule has 0 radical (unpaired) electrons. The normalized spacial score (nSPS) is 20.5. The molecule has 1 fully saturated rings. The number of aliphatic hydroxyl groups excluding tert-OH is 1. The first-order valence-corrected chi connectivity index (χ1v) is 8.54. The SMILES string of the molecule is COc1ccc(NC(=O)CCNCC2CCCCC2O)c(OC)c1. The third-order valence-corrected chi connectivity index (χ3v) is 4.49. The maximum absolute atomic E-state index is 12.1. The van der Waals surface area contributed by atoms with Gasteiger partial charge in [0.1, 0.15) is 11.5 Å². The second-order valence-electron chi connectivity index (χ2n) is 6.18. The van der Waals surface area contributed by atoms with Gasteiger partial charge in [0.25, 0.3) is 0 Å². The Morgan fingerprint density at radius 2 is 2.04 bits per heavy atom. The Hall–Kier alpha value is -1.79. The molecule has 0 bridgehead atoms. The van der Waals surface area contributed by atoms with Gasteiger partial charge in [0.05, 0.1) is 26.0 Å². The molecule has 1 amide bonds. The number of aliphatic hydroxyl groups is 1. The third kappa shape index (κ3) is 5.39. The smallest absolute Gasteiger partial charge is 0.225 e. The van der Waals surface area contributed by atoms with Crippen molar-refractivity contribution in [2.75, 3.05) is 32.6 Å². The van der Waals surface area contributed by atoms with Crippen LogP contribution >= 0.6 is 0 Å². The molecule has 1 aliphatic carbocycles. The maximum Gasteiger partial charge on any atom is 0.225 e. The summed E-state index contributed by atoms with van der Waals surface area (Å²) in [7, 11) is 3.14. The molecule has 1 aromatic rings. The average Bonchev–Trinajstić information content (AvgIpc) is 2.60. The summed E-state index contributed by atoms with van der Waals surface area (Å²) in [5.74, 6) is 1.48. The van der Waals surface area contributed by atoms with Crippen LogP contribution in [0, 0.1) is 5.92 Å². The summed E-state index contributed by atoms with van der Waals surface area (Å²) in [6.07, 6.45) is 4.42. The van der Waals surface area contributed by atoms with Crippen molar-refractivity contribution >= 4 is 11.6 Å². The number of rotatable bonds is 8. The Labute approximate surface area is 143 Å². The molecule has 2 unspecified atom stereocenters. The standard InChI is InChI=1S/C18H28N2O4/c1-23-14-7-8-15(17(11-14)24-2)20-18(22)9-10-19-12-13-5-3-4-6-16(13)21/h7-8,11,13,16,19,21H,3-6,9-10,12H2,1-2H3,(H,20,22). The molecule has 2 rings (SSSR count). The van der Waals surface area contributed by atoms with Gasteiger partial charge in [-0.25, -0.2) is 0 Å². The molecule has 0 aromatic heterocycles. The van der Waals surface area contributed by atoms with Gasteiger partial charge < -0.3 is 25.2 Å². The van der Waals surface area contributed by atoms with Crippen molar-refractivity contribution in [1.29, 1.82) is 0 Å². The fraction of sp³-hybridized carbons (Fsp3) is 0.611. The van der Waals surface area contributed by atoms with Crippen LogP contribution in [0.4, 0.5) is 5.69 Å². The van der Waals surface area contributed by atoms with Crippen LogP contribution in [0.5, 0.6) is 11.5 Å². The quantitative estimate of drug-likeness (QED) is 0.634. The Kier molecular flexibility index (Phi) is 7.34. The molecule has 24 heavy (non-hydrogen) atoms. The van der Waals surface area contributed by atoms with Crippen molar-refractivity contribution < 1.29 is 19.4 Å². The first-order chi connectivity index (χ1) is 11.6. The van der Waals surface area contributed by atoms with Crippen molar-refractivity contribution in [2.24, 2.45) is 5.92 Å². The van der Waals surface area contributed by atoms with E-state index in [9.17, 15) is 9.90 Å². The number of hydrogen-bond donors (Lipinski definition) is 3. The van der Waals surface area contributed by atoms with Crippen molar-refractivity contribution in [3.63, 3.8) is 0 Å². The fourth-order valence-electron chi connectivity index (χ4n) is 3.03. The van der Waals surface area contributed by atoms with E-state index in [2.05, 4.69) is 10.6 Å². The summed E-state index contributed by atoms with van der Waals surface area (Å²) < 4.78 is 10.4. The molecular formula is C18H28N2O4. The number of methoxy groups -OCH3 is 2. The number of carbonyl (C=O) groups is 1. The molecule has 6 heteroatoms. The van der Waals surface area contributed by atoms with Crippen LogP contribution in [0.3, 0.4) is 0 Å². The number of benzene rings is 1. The number of carbonyl (C=O) groups excluding carboxylic acids is 1. The van der Waals surface area contributed by atoms with E-state index in [4.69, 9.17) is 9.47 Å². The summed E-state index contributed by atoms with van der Waals surface area (Å²) in [5.41, 5.74) is 0.631. The number of nitrogens with one attached hydrogen (secondary N) is 2. The Morgan fingerprint density at radius 1 is 1.25 bits per heavy atom. The van der Waals surface area contributed by atoms with Gasteiger partial charge in [-0.05, 0) is 30.9 Å². The highest BCUT2D eigenvalue weighted by molar-refractivity contribution is 5.92. The van der Waals surface area contributed by atoms with Gasteiger partial charge in [-0.3, -0.25) is 4.79 Å². The fourth-order valence-corrected chi connectivity index (χ4v) is 3.03. The number of hydrogen-bond acceptors (Lipinski definition) is 5. The average molecular weight is 336 g/mol. The van der Waals surface area contributed by atoms with Gasteiger partial charge in [0, 0.05) is 25.6 Å². The van der Waals surface area contributed by atoms with Gasteiger partial charge in [0.15, 0.2) is 0 Å². The first-order valence-electron chi connectivity index (χ1n) is 8.54. The number of ether oxygens (including phenoxy) is 2. The van der Waals surface area contributed by atoms with Crippen LogP contribution < -0.4 is 20.1 Å². The minimum atomic E-state index is -0.205. The molecule has 6 nitrogen and oxygen atoms in total. The van der Waals surface area contributed by atoms with E-state index in [-0.39, 0.29) is 12.0 Å². The summed E-state index contributed by atoms with van der Waals surface area (Å²) in [6, 6.07) is 5.28. The molecule has 0 heterocycles. The van der Waals surface area contributed by atoms with Crippen molar-refractivity contribution in [3.05, 3.63) is 18.2 Å². The van der Waals surface area contributed by atoms with Crippen LogP contribution in [0.25, 0.3) is 0 Å². The van der Waals surface area contributed by atoms with Crippen molar-refractivity contribution in [1.82, 2.24) is 5.32 Å². The lowest BCUT2D eigenvalue weighted by molar-refractivity contribution is -0.116. The molecule has 1 aromatic carbocycles. The van der Waals surface area contributed by atoms with E-state index in [1.54, 1.807) is 32.4 Å². The van der Waals surface area contributed by atoms with E-state index >= 15 is 0 Å². The molecule has 0 spiro atoms. The highest BCUT2D eigenvalue weighted by Crippen LogP contribution is 2.29. The number of amides is 1. The van der Waals surface area contributed by atoms with Gasteiger partial charge in [-0.1, -0.05) is 12.8 Å². The second kappa shape index (κ2) is 9.49. The zero-order valence-corrected chi connectivity index (χ0v) is 14.5. The predicted molar refractivity (Wildman–Crippen MR) is 93.6 cm³/mol. The van der Waals surface area contributed by atoms with E-state index in [0.29, 0.717) is 36.1 Å². The maximum atomic E-state index is 12.1. The monoisotopic (exact) mass is 336 g/mol. The van der Waals surface area contributed by atoms with E-state index in [0.717, 1.165) is 25.8 Å². The third-order valence-electron chi connectivity index (χ3n) is 4.49. The molecule has 3 N–H and O–H groups in total. The van der Waals surface area contributed by atoms with E-state index < -0.39 is 0 Å². The molecule has 1 aliphatic rings. The topological polar surface area (TPSA) is 79.8 Å². The van der Waals surface area contributed by atoms with Crippen molar-refractivity contribution in [2.45, 2.75) is 38.2 Å². The van der Waals surface area contributed by atoms with E-state index in [1.165, 1.54) is 6.42 Å². The predicted octanol–water partition coefficient (Wildman–Crippen LogP) is 2.17. The summed E-state index contributed by atoms with van der Waals surface area (Å²) >= 11 is 0. The van der Waals surface area contributed by atoms with Crippen LogP contribution in [-0.2, 0) is 4.79 Å². The summed E-state index contributed by atoms with van der Waals surface area (Å²) in [5, 5.41) is 16.1. The molecule has 0 aliphatic heterocycles. The molecule has 1 saturated carbocycles. The van der Waals surface area contributed by atoms with Crippen molar-refractivity contribution in [3.8, 4) is 11.5 Å². The number of anilines is 1. The highest BCUT2D eigenvalue weighted by atomic mass is 16.5. The largest absolute Gasteiger partial charge is 0.497 e. The van der Waals surface area contributed by atoms with Crippen LogP contribution in [0.1, 0.15) is 32.1 Å². The Balaban J connectivity index is 1.73. The minimum absolute atomic E-state index is 0.0739. The van der Waals surface area contributed by atoms with E-state index in [1.807, 2.05) is 0 Å². The molecule has 0 saturated heterocycles. The van der Waals surface area contributed by atoms with Crippen LogP contribution in [0.2, 0.25) is 0 Å². The van der Waals surface area contributed by atoms with Gasteiger partial charge in [-0.15, -0.1) is 0 Å². The first kappa shape index (κ1) is 18.5. The molecule has 134 valence electrons. The lowest BCUT2D eigenvalue weighted by atomic mass is 9.86. The zero-order chi connectivity index (χ0) is 17.4. The molecular weight excluding hydrogens is 308 g/mol. The van der Waals surface area contributed by atoms with Crippen LogP contribution in [0.15, 0.2) is 18.2 Å². The zero-order valence-electron chi connectivity index (χ0n) is 14.5. The lowest BCUT2D eigenvalue weighted by Crippen LogP contribution is -2.35. The van der Waals surface area contributed by atoms with Gasteiger partial charge >= 0.3 is 0 Å². The van der Waals surface area contributed by atoms with Crippen LogP contribution in [-0.4, -0.2) is 44.4 Å². The second-order valence-corrected chi connectivity index (χ2v) is 6.18.